The standard InChI is InChI=1S/C12H19BrN4O/c1-9(10-4-3-5-11(13)8-10)16-12(17-14)15-6-7-18-2/h3-5,8-9H,6-7,14H2,1-2H3,(H2,15,16,17). The zero-order valence-electron chi connectivity index (χ0n) is 10.6. The number of halogens is 1. The molecule has 0 saturated heterocycles. The van der Waals surface area contributed by atoms with Gasteiger partial charge < -0.3 is 10.1 Å². The Morgan fingerprint density at radius 1 is 1.56 bits per heavy atom. The number of hydrazine groups is 1. The third kappa shape index (κ3) is 5.03. The number of rotatable bonds is 5. The van der Waals surface area contributed by atoms with Crippen LogP contribution in [0.3, 0.4) is 0 Å². The molecular formula is C12H19BrN4O. The van der Waals surface area contributed by atoms with Gasteiger partial charge in [0.25, 0.3) is 0 Å². The molecule has 0 aliphatic rings. The van der Waals surface area contributed by atoms with Crippen molar-refractivity contribution in [3.63, 3.8) is 0 Å². The van der Waals surface area contributed by atoms with E-state index in [0.29, 0.717) is 19.1 Å². The molecule has 0 bridgehead atoms. The van der Waals surface area contributed by atoms with Crippen LogP contribution in [-0.2, 0) is 4.74 Å². The molecule has 1 unspecified atom stereocenters. The van der Waals surface area contributed by atoms with E-state index in [2.05, 4.69) is 37.7 Å². The molecule has 0 aliphatic carbocycles. The molecule has 1 atom stereocenters. The Balaban J connectivity index is 2.61. The molecular weight excluding hydrogens is 296 g/mol. The zero-order chi connectivity index (χ0) is 13.4. The smallest absolute Gasteiger partial charge is 0.206 e. The van der Waals surface area contributed by atoms with Crippen LogP contribution in [0.5, 0.6) is 0 Å². The number of nitrogens with one attached hydrogen (secondary N) is 2. The van der Waals surface area contributed by atoms with E-state index in [0.717, 1.165) is 10.0 Å². The molecule has 1 aromatic rings. The van der Waals surface area contributed by atoms with Gasteiger partial charge in [0.2, 0.25) is 5.96 Å². The minimum Gasteiger partial charge on any atom is -0.383 e. The van der Waals surface area contributed by atoms with Crippen LogP contribution >= 0.6 is 15.9 Å². The second-order valence-electron chi connectivity index (χ2n) is 3.79. The van der Waals surface area contributed by atoms with Gasteiger partial charge in [0, 0.05) is 11.6 Å². The molecule has 1 aromatic carbocycles. The van der Waals surface area contributed by atoms with Crippen LogP contribution in [0.15, 0.2) is 33.7 Å². The molecule has 4 N–H and O–H groups in total. The van der Waals surface area contributed by atoms with Gasteiger partial charge in [0.1, 0.15) is 0 Å². The fourth-order valence-electron chi connectivity index (χ4n) is 1.45. The highest BCUT2D eigenvalue weighted by molar-refractivity contribution is 9.10. The van der Waals surface area contributed by atoms with Gasteiger partial charge in [0.05, 0.1) is 19.2 Å². The number of aliphatic imine (C=N–C) groups is 1. The van der Waals surface area contributed by atoms with E-state index in [4.69, 9.17) is 10.6 Å². The quantitative estimate of drug-likeness (QED) is 0.254. The fraction of sp³-hybridized carbons (Fsp3) is 0.417. The summed E-state index contributed by atoms with van der Waals surface area (Å²) in [5, 5.41) is 3.21. The topological polar surface area (TPSA) is 71.7 Å². The van der Waals surface area contributed by atoms with Crippen molar-refractivity contribution in [2.24, 2.45) is 10.8 Å². The number of benzene rings is 1. The van der Waals surface area contributed by atoms with Gasteiger partial charge in [-0.05, 0) is 24.6 Å². The molecule has 5 nitrogen and oxygen atoms in total. The van der Waals surface area contributed by atoms with Gasteiger partial charge >= 0.3 is 0 Å². The lowest BCUT2D eigenvalue weighted by atomic mass is 10.1. The van der Waals surface area contributed by atoms with Crippen LogP contribution < -0.4 is 16.6 Å². The average molecular weight is 315 g/mol. The molecule has 1 rings (SSSR count). The van der Waals surface area contributed by atoms with Gasteiger partial charge in [-0.1, -0.05) is 28.1 Å². The normalized spacial score (nSPS) is 13.2. The van der Waals surface area contributed by atoms with Crippen molar-refractivity contribution in [2.75, 3.05) is 20.3 Å². The summed E-state index contributed by atoms with van der Waals surface area (Å²) in [6.45, 7) is 3.18. The molecule has 6 heteroatoms. The summed E-state index contributed by atoms with van der Waals surface area (Å²) >= 11 is 3.45. The lowest BCUT2D eigenvalue weighted by molar-refractivity contribution is 0.208. The van der Waals surface area contributed by atoms with Crippen LogP contribution in [0.1, 0.15) is 18.5 Å². The average Bonchev–Trinajstić information content (AvgIpc) is 2.37. The highest BCUT2D eigenvalue weighted by Gasteiger charge is 2.07. The summed E-state index contributed by atoms with van der Waals surface area (Å²) < 4.78 is 5.98. The Morgan fingerprint density at radius 2 is 2.33 bits per heavy atom. The fourth-order valence-corrected chi connectivity index (χ4v) is 1.86. The molecule has 0 spiro atoms. The van der Waals surface area contributed by atoms with Crippen LogP contribution in [0.4, 0.5) is 0 Å². The largest absolute Gasteiger partial charge is 0.383 e. The first-order chi connectivity index (χ1) is 8.67. The van der Waals surface area contributed by atoms with E-state index in [-0.39, 0.29) is 6.04 Å². The van der Waals surface area contributed by atoms with Gasteiger partial charge in [-0.15, -0.1) is 0 Å². The summed E-state index contributed by atoms with van der Waals surface area (Å²) in [5.74, 6) is 5.97. The number of hydrogen-bond donors (Lipinski definition) is 3. The van der Waals surface area contributed by atoms with E-state index in [1.165, 1.54) is 0 Å². The molecule has 0 amide bonds. The second-order valence-corrected chi connectivity index (χ2v) is 4.70. The van der Waals surface area contributed by atoms with E-state index in [9.17, 15) is 0 Å². The van der Waals surface area contributed by atoms with E-state index >= 15 is 0 Å². The molecule has 18 heavy (non-hydrogen) atoms. The highest BCUT2D eigenvalue weighted by atomic mass is 79.9. The van der Waals surface area contributed by atoms with Crippen molar-refractivity contribution in [1.29, 1.82) is 0 Å². The Kier molecular flexibility index (Phi) is 6.70. The van der Waals surface area contributed by atoms with Gasteiger partial charge in [-0.25, -0.2) is 10.8 Å². The number of nitrogens with zero attached hydrogens (tertiary/aromatic N) is 1. The number of hydrogen-bond acceptors (Lipinski definition) is 3. The number of nitrogens with two attached hydrogens (primary N) is 1. The first-order valence-electron chi connectivity index (χ1n) is 5.69. The van der Waals surface area contributed by atoms with E-state index < -0.39 is 0 Å². The van der Waals surface area contributed by atoms with Crippen molar-refractivity contribution in [3.8, 4) is 0 Å². The van der Waals surface area contributed by atoms with Crippen molar-refractivity contribution < 1.29 is 4.74 Å². The molecule has 0 aromatic heterocycles. The maximum atomic E-state index is 5.42. The summed E-state index contributed by atoms with van der Waals surface area (Å²) in [4.78, 5) is 4.25. The maximum absolute atomic E-state index is 5.42. The predicted molar refractivity (Wildman–Crippen MR) is 77.2 cm³/mol. The van der Waals surface area contributed by atoms with Crippen LogP contribution in [0.2, 0.25) is 0 Å². The van der Waals surface area contributed by atoms with Crippen molar-refractivity contribution in [3.05, 3.63) is 34.3 Å². The van der Waals surface area contributed by atoms with Gasteiger partial charge in [0.15, 0.2) is 0 Å². The molecule has 0 fully saturated rings. The monoisotopic (exact) mass is 314 g/mol. The van der Waals surface area contributed by atoms with E-state index in [1.807, 2.05) is 25.1 Å². The Labute approximate surface area is 116 Å². The molecule has 0 aliphatic heterocycles. The summed E-state index contributed by atoms with van der Waals surface area (Å²) in [6, 6.07) is 8.20. The second kappa shape index (κ2) is 8.07. The lowest BCUT2D eigenvalue weighted by Crippen LogP contribution is -2.42. The summed E-state index contributed by atoms with van der Waals surface area (Å²) in [6.07, 6.45) is 0. The van der Waals surface area contributed by atoms with E-state index in [1.54, 1.807) is 7.11 Å². The van der Waals surface area contributed by atoms with Crippen LogP contribution in [0, 0.1) is 0 Å². The van der Waals surface area contributed by atoms with Crippen molar-refractivity contribution in [2.45, 2.75) is 13.0 Å². The molecule has 0 radical (unpaired) electrons. The third-order valence-corrected chi connectivity index (χ3v) is 2.90. The zero-order valence-corrected chi connectivity index (χ0v) is 12.2. The summed E-state index contributed by atoms with van der Waals surface area (Å²) in [5.41, 5.74) is 3.70. The third-order valence-electron chi connectivity index (χ3n) is 2.40. The highest BCUT2D eigenvalue weighted by Crippen LogP contribution is 2.17. The Morgan fingerprint density at radius 3 is 2.94 bits per heavy atom. The molecule has 0 saturated carbocycles. The van der Waals surface area contributed by atoms with Gasteiger partial charge in [-0.2, -0.15) is 0 Å². The van der Waals surface area contributed by atoms with Gasteiger partial charge in [-0.3, -0.25) is 5.43 Å². The Bertz CT molecular complexity index is 397. The number of methoxy groups -OCH3 is 1. The van der Waals surface area contributed by atoms with Crippen molar-refractivity contribution >= 4 is 21.9 Å². The molecule has 100 valence electrons. The van der Waals surface area contributed by atoms with Crippen molar-refractivity contribution in [1.82, 2.24) is 10.7 Å². The maximum Gasteiger partial charge on any atom is 0.206 e. The number of ether oxygens (including phenoxy) is 1. The van der Waals surface area contributed by atoms with Crippen LogP contribution in [0.25, 0.3) is 0 Å². The first-order valence-corrected chi connectivity index (χ1v) is 6.48. The van der Waals surface area contributed by atoms with Crippen LogP contribution in [-0.4, -0.2) is 26.2 Å². The molecule has 0 heterocycles. The minimum atomic E-state index is 0.111. The minimum absolute atomic E-state index is 0.111. The number of guanidine groups is 1. The first kappa shape index (κ1) is 14.9. The SMILES string of the molecule is COCCN=C(NN)NC(C)c1cccc(Br)c1. The Hall–Kier alpha value is -1.11. The summed E-state index contributed by atoms with van der Waals surface area (Å²) in [7, 11) is 1.64. The lowest BCUT2D eigenvalue weighted by Gasteiger charge is -2.17. The predicted octanol–water partition coefficient (Wildman–Crippen LogP) is 1.57.